The summed E-state index contributed by atoms with van der Waals surface area (Å²) in [5, 5.41) is 12.3. The van der Waals surface area contributed by atoms with Crippen LogP contribution in [0.5, 0.6) is 0 Å². The summed E-state index contributed by atoms with van der Waals surface area (Å²) in [6, 6.07) is 7.79. The number of nitrogens with zero attached hydrogens (tertiary/aromatic N) is 2. The lowest BCUT2D eigenvalue weighted by Gasteiger charge is -2.17. The summed E-state index contributed by atoms with van der Waals surface area (Å²) in [4.78, 5) is 16.4. The lowest BCUT2D eigenvalue weighted by Crippen LogP contribution is -2.33. The molecule has 5 nitrogen and oxygen atoms in total. The van der Waals surface area contributed by atoms with E-state index in [4.69, 9.17) is 0 Å². The summed E-state index contributed by atoms with van der Waals surface area (Å²) in [5.41, 5.74) is 1.88. The Morgan fingerprint density at radius 2 is 2.14 bits per heavy atom. The van der Waals surface area contributed by atoms with Crippen molar-refractivity contribution >= 4 is 16.9 Å². The Bertz CT molecular complexity index is 623. The molecule has 0 bridgehead atoms. The van der Waals surface area contributed by atoms with Gasteiger partial charge in [0.1, 0.15) is 6.54 Å². The average Bonchev–Trinajstić information content (AvgIpc) is 3.12. The molecule has 2 unspecified atom stereocenters. The molecule has 1 aliphatic carbocycles. The second-order valence-corrected chi connectivity index (χ2v) is 5.80. The molecule has 2 N–H and O–H groups in total. The molecule has 3 rings (SSSR count). The van der Waals surface area contributed by atoms with Crippen molar-refractivity contribution in [1.82, 2.24) is 14.9 Å². The predicted octanol–water partition coefficient (Wildman–Crippen LogP) is 1.56. The van der Waals surface area contributed by atoms with Crippen LogP contribution in [0.1, 0.15) is 19.3 Å². The number of carbonyl (C=O) groups is 1. The molecule has 5 heteroatoms. The molecule has 21 heavy (non-hydrogen) atoms. The Hall–Kier alpha value is -1.88. The van der Waals surface area contributed by atoms with Crippen molar-refractivity contribution in [3.05, 3.63) is 30.6 Å². The van der Waals surface area contributed by atoms with Gasteiger partial charge in [0.25, 0.3) is 0 Å². The van der Waals surface area contributed by atoms with Crippen molar-refractivity contribution in [2.45, 2.75) is 25.8 Å². The zero-order chi connectivity index (χ0) is 14.7. The van der Waals surface area contributed by atoms with Crippen LogP contribution >= 0.6 is 0 Å². The van der Waals surface area contributed by atoms with Crippen molar-refractivity contribution < 1.29 is 9.90 Å². The van der Waals surface area contributed by atoms with Crippen LogP contribution in [0.15, 0.2) is 30.6 Å². The Balaban J connectivity index is 1.57. The highest BCUT2D eigenvalue weighted by molar-refractivity contribution is 5.80. The van der Waals surface area contributed by atoms with E-state index in [1.54, 1.807) is 6.33 Å². The maximum atomic E-state index is 12.1. The molecule has 0 aliphatic heterocycles. The molecule has 1 fully saturated rings. The van der Waals surface area contributed by atoms with E-state index < -0.39 is 0 Å². The smallest absolute Gasteiger partial charge is 0.240 e. The largest absolute Gasteiger partial charge is 0.396 e. The van der Waals surface area contributed by atoms with Gasteiger partial charge in [-0.25, -0.2) is 4.98 Å². The Morgan fingerprint density at radius 1 is 1.33 bits per heavy atom. The van der Waals surface area contributed by atoms with Crippen LogP contribution in [0.3, 0.4) is 0 Å². The van der Waals surface area contributed by atoms with E-state index in [0.717, 1.165) is 30.3 Å². The second-order valence-electron chi connectivity index (χ2n) is 5.80. The lowest BCUT2D eigenvalue weighted by atomic mass is 9.97. The summed E-state index contributed by atoms with van der Waals surface area (Å²) in [6.07, 6.45) is 5.02. The highest BCUT2D eigenvalue weighted by atomic mass is 16.3. The third-order valence-corrected chi connectivity index (χ3v) is 4.45. The molecule has 1 aromatic carbocycles. The maximum absolute atomic E-state index is 12.1. The second kappa shape index (κ2) is 6.26. The van der Waals surface area contributed by atoms with Crippen LogP contribution in [0.25, 0.3) is 11.0 Å². The van der Waals surface area contributed by atoms with Crippen molar-refractivity contribution in [3.8, 4) is 0 Å². The van der Waals surface area contributed by atoms with Crippen LogP contribution in [0.2, 0.25) is 0 Å². The number of benzene rings is 1. The number of nitrogens with one attached hydrogen (secondary N) is 1. The van der Waals surface area contributed by atoms with Crippen LogP contribution in [-0.2, 0) is 11.3 Å². The summed E-state index contributed by atoms with van der Waals surface area (Å²) in [5.74, 6) is 0.764. The van der Waals surface area contributed by atoms with Crippen LogP contribution < -0.4 is 5.32 Å². The fourth-order valence-corrected chi connectivity index (χ4v) is 3.21. The molecule has 1 aliphatic rings. The first kappa shape index (κ1) is 14.1. The molecule has 112 valence electrons. The van der Waals surface area contributed by atoms with Gasteiger partial charge in [-0.05, 0) is 36.8 Å². The first-order chi connectivity index (χ1) is 10.3. The molecule has 0 saturated heterocycles. The van der Waals surface area contributed by atoms with E-state index in [0.29, 0.717) is 18.4 Å². The number of imidazole rings is 1. The SMILES string of the molecule is O=C(Cn1cnc2ccccc21)NCC1CCCC1CO. The van der Waals surface area contributed by atoms with Crippen molar-refractivity contribution in [1.29, 1.82) is 0 Å². The fourth-order valence-electron chi connectivity index (χ4n) is 3.21. The van der Waals surface area contributed by atoms with Gasteiger partial charge in [-0.3, -0.25) is 4.79 Å². The van der Waals surface area contributed by atoms with E-state index in [9.17, 15) is 9.90 Å². The van der Waals surface area contributed by atoms with Gasteiger partial charge in [0.15, 0.2) is 0 Å². The monoisotopic (exact) mass is 287 g/mol. The molecule has 0 radical (unpaired) electrons. The zero-order valence-electron chi connectivity index (χ0n) is 12.0. The highest BCUT2D eigenvalue weighted by Gasteiger charge is 2.26. The summed E-state index contributed by atoms with van der Waals surface area (Å²) in [7, 11) is 0. The van der Waals surface area contributed by atoms with Gasteiger partial charge in [-0.15, -0.1) is 0 Å². The molecule has 1 aromatic heterocycles. The average molecular weight is 287 g/mol. The van der Waals surface area contributed by atoms with E-state index in [-0.39, 0.29) is 19.1 Å². The Morgan fingerprint density at radius 3 is 3.00 bits per heavy atom. The van der Waals surface area contributed by atoms with Gasteiger partial charge in [0.2, 0.25) is 5.91 Å². The lowest BCUT2D eigenvalue weighted by molar-refractivity contribution is -0.121. The summed E-state index contributed by atoms with van der Waals surface area (Å²) >= 11 is 0. The van der Waals surface area contributed by atoms with Gasteiger partial charge < -0.3 is 15.0 Å². The van der Waals surface area contributed by atoms with Crippen LogP contribution in [0.4, 0.5) is 0 Å². The molecule has 2 aromatic rings. The van der Waals surface area contributed by atoms with E-state index in [1.807, 2.05) is 28.8 Å². The molecular formula is C16H21N3O2. The molecule has 2 atom stereocenters. The van der Waals surface area contributed by atoms with Crippen molar-refractivity contribution in [2.75, 3.05) is 13.2 Å². The quantitative estimate of drug-likeness (QED) is 0.877. The minimum Gasteiger partial charge on any atom is -0.396 e. The number of rotatable bonds is 5. The first-order valence-corrected chi connectivity index (χ1v) is 7.55. The number of aliphatic hydroxyl groups excluding tert-OH is 1. The Labute approximate surface area is 124 Å². The number of carbonyl (C=O) groups excluding carboxylic acids is 1. The topological polar surface area (TPSA) is 67.2 Å². The van der Waals surface area contributed by atoms with Crippen LogP contribution in [-0.4, -0.2) is 33.7 Å². The van der Waals surface area contributed by atoms with Crippen LogP contribution in [0, 0.1) is 11.8 Å². The van der Waals surface area contributed by atoms with Crippen molar-refractivity contribution in [3.63, 3.8) is 0 Å². The molecule has 1 amide bonds. The number of amides is 1. The van der Waals surface area contributed by atoms with Gasteiger partial charge in [-0.1, -0.05) is 18.6 Å². The number of hydrogen-bond acceptors (Lipinski definition) is 3. The standard InChI is InChI=1S/C16H21N3O2/c20-10-13-5-3-4-12(13)8-17-16(21)9-19-11-18-14-6-1-2-7-15(14)19/h1-2,6-7,11-13,20H,3-5,8-10H2,(H,17,21). The summed E-state index contributed by atoms with van der Waals surface area (Å²) in [6.45, 7) is 1.18. The third kappa shape index (κ3) is 3.08. The fraction of sp³-hybridized carbons (Fsp3) is 0.500. The van der Waals surface area contributed by atoms with Gasteiger partial charge in [0, 0.05) is 13.2 Å². The summed E-state index contributed by atoms with van der Waals surface area (Å²) < 4.78 is 1.86. The number of fused-ring (bicyclic) bond motifs is 1. The first-order valence-electron chi connectivity index (χ1n) is 7.55. The third-order valence-electron chi connectivity index (χ3n) is 4.45. The molecular weight excluding hydrogens is 266 g/mol. The van der Waals surface area contributed by atoms with E-state index in [2.05, 4.69) is 10.3 Å². The number of para-hydroxylation sites is 2. The number of aromatic nitrogens is 2. The number of hydrogen-bond donors (Lipinski definition) is 2. The molecule has 1 saturated carbocycles. The highest BCUT2D eigenvalue weighted by Crippen LogP contribution is 2.30. The molecule has 1 heterocycles. The number of aliphatic hydroxyl groups is 1. The van der Waals surface area contributed by atoms with Gasteiger partial charge in [-0.2, -0.15) is 0 Å². The van der Waals surface area contributed by atoms with Gasteiger partial charge in [0.05, 0.1) is 17.4 Å². The zero-order valence-corrected chi connectivity index (χ0v) is 12.0. The van der Waals surface area contributed by atoms with Gasteiger partial charge >= 0.3 is 0 Å². The normalized spacial score (nSPS) is 21.8. The van der Waals surface area contributed by atoms with E-state index in [1.165, 1.54) is 0 Å². The van der Waals surface area contributed by atoms with E-state index >= 15 is 0 Å². The Kier molecular flexibility index (Phi) is 4.20. The maximum Gasteiger partial charge on any atom is 0.240 e. The van der Waals surface area contributed by atoms with Crippen molar-refractivity contribution in [2.24, 2.45) is 11.8 Å². The predicted molar refractivity (Wildman–Crippen MR) is 80.7 cm³/mol. The minimum absolute atomic E-state index is 0.00161. The molecule has 0 spiro atoms. The minimum atomic E-state index is 0.00161.